The molecule has 1 heteroatoms. The van der Waals surface area contributed by atoms with Crippen molar-refractivity contribution in [1.82, 2.24) is 0 Å². The summed E-state index contributed by atoms with van der Waals surface area (Å²) in [7, 11) is 0. The van der Waals surface area contributed by atoms with Crippen LogP contribution in [0.5, 0.6) is 0 Å². The molecule has 0 aromatic carbocycles. The van der Waals surface area contributed by atoms with E-state index in [1.165, 1.54) is 38.5 Å². The maximum absolute atomic E-state index is 5.81. The third-order valence-electron chi connectivity index (χ3n) is 3.59. The van der Waals surface area contributed by atoms with Crippen LogP contribution in [-0.2, 0) is 4.74 Å². The maximum Gasteiger partial charge on any atom is 0.0949 e. The zero-order chi connectivity index (χ0) is 7.95. The second-order valence-corrected chi connectivity index (χ2v) is 4.48. The van der Waals surface area contributed by atoms with Crippen molar-refractivity contribution in [3.8, 4) is 0 Å². The molecule has 0 N–H and O–H groups in total. The van der Waals surface area contributed by atoms with Crippen LogP contribution in [-0.4, -0.2) is 11.2 Å². The molecule has 0 radical (unpaired) electrons. The minimum atomic E-state index is 0.257. The van der Waals surface area contributed by atoms with Crippen LogP contribution in [0, 0.1) is 0 Å². The molecular weight excluding hydrogens is 136 g/mol. The average molecular weight is 154 g/mol. The van der Waals surface area contributed by atoms with Gasteiger partial charge in [0.15, 0.2) is 0 Å². The molecule has 0 aromatic rings. The van der Waals surface area contributed by atoms with Crippen molar-refractivity contribution in [2.45, 2.75) is 63.6 Å². The molecule has 0 aromatic heterocycles. The first-order valence-electron chi connectivity index (χ1n) is 4.87. The van der Waals surface area contributed by atoms with E-state index in [0.29, 0.717) is 0 Å². The van der Waals surface area contributed by atoms with Gasteiger partial charge in [-0.3, -0.25) is 0 Å². The summed E-state index contributed by atoms with van der Waals surface area (Å²) in [6.07, 6.45) is 8.12. The Morgan fingerprint density at radius 3 is 1.73 bits per heavy atom. The predicted octanol–water partition coefficient (Wildman–Crippen LogP) is 2.89. The SMILES string of the molecule is CC12CCCCCCC1(C)O2. The molecule has 0 bridgehead atoms. The summed E-state index contributed by atoms with van der Waals surface area (Å²) in [6, 6.07) is 0. The van der Waals surface area contributed by atoms with E-state index in [1.54, 1.807) is 0 Å². The minimum Gasteiger partial charge on any atom is -0.363 e. The van der Waals surface area contributed by atoms with Gasteiger partial charge >= 0.3 is 0 Å². The minimum absolute atomic E-state index is 0.257. The van der Waals surface area contributed by atoms with Gasteiger partial charge in [-0.25, -0.2) is 0 Å². The van der Waals surface area contributed by atoms with Crippen LogP contribution in [0.15, 0.2) is 0 Å². The lowest BCUT2D eigenvalue weighted by atomic mass is 9.84. The second-order valence-electron chi connectivity index (χ2n) is 4.48. The van der Waals surface area contributed by atoms with Crippen molar-refractivity contribution in [3.63, 3.8) is 0 Å². The first-order chi connectivity index (χ1) is 5.16. The Morgan fingerprint density at radius 1 is 0.818 bits per heavy atom. The molecule has 1 aliphatic carbocycles. The third-order valence-corrected chi connectivity index (χ3v) is 3.59. The van der Waals surface area contributed by atoms with Crippen molar-refractivity contribution in [1.29, 1.82) is 0 Å². The maximum atomic E-state index is 5.81. The molecular formula is C10H18O. The Kier molecular flexibility index (Phi) is 1.54. The molecule has 11 heavy (non-hydrogen) atoms. The molecule has 2 rings (SSSR count). The fraction of sp³-hybridized carbons (Fsp3) is 1.00. The van der Waals surface area contributed by atoms with Gasteiger partial charge in [-0.15, -0.1) is 0 Å². The zero-order valence-electron chi connectivity index (χ0n) is 7.65. The Balaban J connectivity index is 2.03. The number of hydrogen-bond acceptors (Lipinski definition) is 1. The van der Waals surface area contributed by atoms with E-state index >= 15 is 0 Å². The standard InChI is InChI=1S/C10H18O/c1-9-7-5-3-4-6-8-10(9,2)11-9/h3-8H2,1-2H3. The Bertz CT molecular complexity index is 148. The molecule has 2 unspecified atom stereocenters. The Morgan fingerprint density at radius 2 is 1.27 bits per heavy atom. The molecule has 2 atom stereocenters. The van der Waals surface area contributed by atoms with Gasteiger partial charge in [-0.05, 0) is 26.7 Å². The molecule has 1 saturated carbocycles. The van der Waals surface area contributed by atoms with Gasteiger partial charge in [-0.2, -0.15) is 0 Å². The fourth-order valence-electron chi connectivity index (χ4n) is 2.38. The smallest absolute Gasteiger partial charge is 0.0949 e. The zero-order valence-corrected chi connectivity index (χ0v) is 7.65. The number of ether oxygens (including phenoxy) is 1. The van der Waals surface area contributed by atoms with Gasteiger partial charge in [-0.1, -0.05) is 25.7 Å². The highest BCUT2D eigenvalue weighted by molar-refractivity contribution is 5.10. The molecule has 2 fully saturated rings. The molecule has 64 valence electrons. The van der Waals surface area contributed by atoms with E-state index in [2.05, 4.69) is 13.8 Å². The van der Waals surface area contributed by atoms with Gasteiger partial charge < -0.3 is 4.74 Å². The van der Waals surface area contributed by atoms with Crippen LogP contribution in [0.25, 0.3) is 0 Å². The molecule has 1 aliphatic heterocycles. The molecule has 2 aliphatic rings. The highest BCUT2D eigenvalue weighted by Crippen LogP contribution is 2.54. The van der Waals surface area contributed by atoms with Crippen LogP contribution in [0.4, 0.5) is 0 Å². The van der Waals surface area contributed by atoms with Crippen molar-refractivity contribution < 1.29 is 4.74 Å². The number of rotatable bonds is 0. The summed E-state index contributed by atoms with van der Waals surface area (Å²) in [5.74, 6) is 0. The van der Waals surface area contributed by atoms with Gasteiger partial charge in [0.25, 0.3) is 0 Å². The lowest BCUT2D eigenvalue weighted by molar-refractivity contribution is 0.266. The van der Waals surface area contributed by atoms with E-state index in [4.69, 9.17) is 4.74 Å². The summed E-state index contributed by atoms with van der Waals surface area (Å²) < 4.78 is 5.81. The largest absolute Gasteiger partial charge is 0.363 e. The highest BCUT2D eigenvalue weighted by atomic mass is 16.6. The number of epoxide rings is 1. The van der Waals surface area contributed by atoms with Crippen LogP contribution in [0.2, 0.25) is 0 Å². The van der Waals surface area contributed by atoms with Crippen LogP contribution in [0.3, 0.4) is 0 Å². The van der Waals surface area contributed by atoms with Crippen LogP contribution >= 0.6 is 0 Å². The van der Waals surface area contributed by atoms with Gasteiger partial charge in [0.05, 0.1) is 11.2 Å². The van der Waals surface area contributed by atoms with Crippen molar-refractivity contribution in [3.05, 3.63) is 0 Å². The predicted molar refractivity (Wildman–Crippen MR) is 45.6 cm³/mol. The number of hydrogen-bond donors (Lipinski definition) is 0. The van der Waals surface area contributed by atoms with Gasteiger partial charge in [0.2, 0.25) is 0 Å². The second kappa shape index (κ2) is 2.22. The van der Waals surface area contributed by atoms with E-state index in [1.807, 2.05) is 0 Å². The first kappa shape index (κ1) is 7.60. The molecule has 0 spiro atoms. The monoisotopic (exact) mass is 154 g/mol. The van der Waals surface area contributed by atoms with Crippen molar-refractivity contribution >= 4 is 0 Å². The van der Waals surface area contributed by atoms with E-state index < -0.39 is 0 Å². The summed E-state index contributed by atoms with van der Waals surface area (Å²) in [5, 5.41) is 0. The summed E-state index contributed by atoms with van der Waals surface area (Å²) in [4.78, 5) is 0. The first-order valence-corrected chi connectivity index (χ1v) is 4.87. The van der Waals surface area contributed by atoms with Crippen molar-refractivity contribution in [2.24, 2.45) is 0 Å². The van der Waals surface area contributed by atoms with Gasteiger partial charge in [0.1, 0.15) is 0 Å². The summed E-state index contributed by atoms with van der Waals surface area (Å²) in [5.41, 5.74) is 0.515. The molecule has 1 nitrogen and oxygen atoms in total. The lowest BCUT2D eigenvalue weighted by Gasteiger charge is -2.15. The normalized spacial score (nSPS) is 50.7. The summed E-state index contributed by atoms with van der Waals surface area (Å²) in [6.45, 7) is 4.55. The lowest BCUT2D eigenvalue weighted by Crippen LogP contribution is -2.21. The van der Waals surface area contributed by atoms with Crippen molar-refractivity contribution in [2.75, 3.05) is 0 Å². The highest BCUT2D eigenvalue weighted by Gasteiger charge is 2.62. The van der Waals surface area contributed by atoms with E-state index in [-0.39, 0.29) is 11.2 Å². The molecule has 1 saturated heterocycles. The summed E-state index contributed by atoms with van der Waals surface area (Å²) >= 11 is 0. The molecule has 1 heterocycles. The van der Waals surface area contributed by atoms with E-state index in [9.17, 15) is 0 Å². The van der Waals surface area contributed by atoms with E-state index in [0.717, 1.165) is 0 Å². The van der Waals surface area contributed by atoms with Crippen LogP contribution < -0.4 is 0 Å². The van der Waals surface area contributed by atoms with Crippen LogP contribution in [0.1, 0.15) is 52.4 Å². The van der Waals surface area contributed by atoms with Gasteiger partial charge in [0, 0.05) is 0 Å². The number of fused-ring (bicyclic) bond motifs is 1. The average Bonchev–Trinajstić information content (AvgIpc) is 2.39. The third kappa shape index (κ3) is 1.10. The topological polar surface area (TPSA) is 12.5 Å². The Labute approximate surface area is 69.1 Å². The quantitative estimate of drug-likeness (QED) is 0.489. The fourth-order valence-corrected chi connectivity index (χ4v) is 2.38. The Hall–Kier alpha value is -0.0400. The molecule has 0 amide bonds.